The van der Waals surface area contributed by atoms with Crippen molar-refractivity contribution in [1.82, 2.24) is 0 Å². The molecule has 0 N–H and O–H groups in total. The van der Waals surface area contributed by atoms with E-state index in [4.69, 9.17) is 11.6 Å². The summed E-state index contributed by atoms with van der Waals surface area (Å²) < 4.78 is 2.20. The summed E-state index contributed by atoms with van der Waals surface area (Å²) >= 11 is 5.58. The van der Waals surface area contributed by atoms with Gasteiger partial charge in [0, 0.05) is 12.8 Å². The molecule has 1 unspecified atom stereocenters. The lowest BCUT2D eigenvalue weighted by atomic mass is 10.1. The molecule has 0 spiro atoms. The molecule has 0 aromatic carbocycles. The Kier molecular flexibility index (Phi) is 5.10. The Hall–Kier alpha value is 0.250. The average molecular weight is 182 g/mol. The van der Waals surface area contributed by atoms with Gasteiger partial charge in [0.2, 0.25) is 5.67 Å². The fourth-order valence-electron chi connectivity index (χ4n) is 1.27. The summed E-state index contributed by atoms with van der Waals surface area (Å²) in [6.07, 6.45) is 3.96. The normalized spacial score (nSPS) is 29.8. The second kappa shape index (κ2) is 4.97. The lowest BCUT2D eigenvalue weighted by Crippen LogP contribution is -3.00. The highest BCUT2D eigenvalue weighted by Crippen LogP contribution is 2.10. The fourth-order valence-corrected chi connectivity index (χ4v) is 1.56. The maximum atomic E-state index is 5.58. The van der Waals surface area contributed by atoms with Crippen LogP contribution in [0.1, 0.15) is 26.2 Å². The van der Waals surface area contributed by atoms with Gasteiger partial charge in [-0.25, -0.2) is 4.58 Å². The zero-order chi connectivity index (χ0) is 6.69. The molecule has 1 rings (SSSR count). The van der Waals surface area contributed by atoms with Crippen molar-refractivity contribution in [3.8, 4) is 0 Å². The van der Waals surface area contributed by atoms with E-state index in [0.29, 0.717) is 6.04 Å². The first kappa shape index (κ1) is 10.2. The van der Waals surface area contributed by atoms with Gasteiger partial charge in [0.05, 0.1) is 0 Å². The molecule has 0 aromatic rings. The Morgan fingerprint density at radius 1 is 1.50 bits per heavy atom. The number of halogens is 2. The van der Waals surface area contributed by atoms with Crippen LogP contribution < -0.4 is 12.4 Å². The van der Waals surface area contributed by atoms with E-state index in [1.807, 2.05) is 0 Å². The van der Waals surface area contributed by atoms with E-state index in [0.717, 1.165) is 6.54 Å². The van der Waals surface area contributed by atoms with Crippen LogP contribution in [0.4, 0.5) is 0 Å². The first-order valence-corrected chi connectivity index (χ1v) is 3.97. The van der Waals surface area contributed by atoms with Crippen LogP contribution in [-0.2, 0) is 0 Å². The van der Waals surface area contributed by atoms with Crippen LogP contribution in [0.2, 0.25) is 0 Å². The predicted molar refractivity (Wildman–Crippen MR) is 40.4 cm³/mol. The Morgan fingerprint density at radius 2 is 2.20 bits per heavy atom. The minimum absolute atomic E-state index is 0. The topological polar surface area (TPSA) is 3.01 Å². The molecule has 1 aliphatic heterocycles. The zero-order valence-corrected chi connectivity index (χ0v) is 7.70. The van der Waals surface area contributed by atoms with Gasteiger partial charge in [-0.05, 0) is 24.9 Å². The van der Waals surface area contributed by atoms with Gasteiger partial charge in [-0.15, -0.1) is 0 Å². The predicted octanol–water partition coefficient (Wildman–Crippen LogP) is -1.16. The second-order valence-electron chi connectivity index (χ2n) is 2.68. The Bertz CT molecular complexity index is 123. The minimum Gasteiger partial charge on any atom is -1.00 e. The van der Waals surface area contributed by atoms with Crippen molar-refractivity contribution in [2.45, 2.75) is 32.2 Å². The van der Waals surface area contributed by atoms with Gasteiger partial charge in [0.25, 0.3) is 0 Å². The van der Waals surface area contributed by atoms with Crippen molar-refractivity contribution in [3.05, 3.63) is 0 Å². The van der Waals surface area contributed by atoms with Gasteiger partial charge in [0.15, 0.2) is 6.04 Å². The van der Waals surface area contributed by atoms with Gasteiger partial charge < -0.3 is 12.4 Å². The molecule has 1 atom stereocenters. The highest BCUT2D eigenvalue weighted by molar-refractivity contribution is 6.54. The quantitative estimate of drug-likeness (QED) is 0.416. The smallest absolute Gasteiger partial charge is 0.232 e. The Labute approximate surface area is 73.5 Å². The molecule has 10 heavy (non-hydrogen) atoms. The molecule has 1 saturated heterocycles. The van der Waals surface area contributed by atoms with E-state index in [1.165, 1.54) is 19.3 Å². The average Bonchev–Trinajstić information content (AvgIpc) is 1.89. The van der Waals surface area contributed by atoms with Gasteiger partial charge >= 0.3 is 0 Å². The van der Waals surface area contributed by atoms with E-state index in [1.54, 1.807) is 5.67 Å². The summed E-state index contributed by atoms with van der Waals surface area (Å²) in [6, 6.07) is 0.663. The number of hydrogen-bond acceptors (Lipinski definition) is 0. The third kappa shape index (κ3) is 2.47. The van der Waals surface area contributed by atoms with Gasteiger partial charge in [-0.2, -0.15) is 0 Å². The lowest BCUT2D eigenvalue weighted by molar-refractivity contribution is -0.566. The first-order chi connectivity index (χ1) is 4.34. The molecule has 1 nitrogen and oxygen atoms in total. The van der Waals surface area contributed by atoms with Gasteiger partial charge in [-0.1, -0.05) is 0 Å². The van der Waals surface area contributed by atoms with Gasteiger partial charge in [-0.3, -0.25) is 0 Å². The van der Waals surface area contributed by atoms with Crippen LogP contribution in [0.3, 0.4) is 0 Å². The number of hydrogen-bond donors (Lipinski definition) is 0. The highest BCUT2D eigenvalue weighted by Gasteiger charge is 2.18. The summed E-state index contributed by atoms with van der Waals surface area (Å²) in [4.78, 5) is 0. The Morgan fingerprint density at radius 3 is 2.60 bits per heavy atom. The standard InChI is InChI=1S/C7H13ClN.ClH/c1-7-4-2-3-5-9(7)6-8;/h6-7H,2-5H2,1H3;1H/q+1;/p-1. The maximum Gasteiger partial charge on any atom is 0.232 e. The van der Waals surface area contributed by atoms with Crippen LogP contribution in [0.5, 0.6) is 0 Å². The fraction of sp³-hybridized carbons (Fsp3) is 0.857. The monoisotopic (exact) mass is 181 g/mol. The van der Waals surface area contributed by atoms with E-state index < -0.39 is 0 Å². The molecule has 0 aromatic heterocycles. The summed E-state index contributed by atoms with van der Waals surface area (Å²) in [7, 11) is 0. The summed E-state index contributed by atoms with van der Waals surface area (Å²) in [5.41, 5.74) is 1.68. The molecule has 0 radical (unpaired) electrons. The SMILES string of the molecule is CC1CCCC[N+]1=CCl.[Cl-]. The third-order valence-corrected chi connectivity index (χ3v) is 2.23. The summed E-state index contributed by atoms with van der Waals surface area (Å²) in [5, 5.41) is 0. The van der Waals surface area contributed by atoms with Crippen molar-refractivity contribution in [2.24, 2.45) is 0 Å². The first-order valence-electron chi connectivity index (χ1n) is 3.54. The number of rotatable bonds is 0. The molecule has 1 aliphatic rings. The second-order valence-corrected chi connectivity index (χ2v) is 2.88. The third-order valence-electron chi connectivity index (χ3n) is 1.98. The molecule has 3 heteroatoms. The van der Waals surface area contributed by atoms with Crippen molar-refractivity contribution in [2.75, 3.05) is 6.54 Å². The number of piperidine rings is 1. The molecule has 0 amide bonds. The van der Waals surface area contributed by atoms with Crippen LogP contribution in [-0.4, -0.2) is 22.8 Å². The maximum absolute atomic E-state index is 5.58. The molecule has 0 aliphatic carbocycles. The van der Waals surface area contributed by atoms with Crippen LogP contribution in [0, 0.1) is 0 Å². The molecule has 0 bridgehead atoms. The minimum atomic E-state index is 0. The molecular formula is C7H13Cl2N. The molecular weight excluding hydrogens is 169 g/mol. The molecule has 1 fully saturated rings. The van der Waals surface area contributed by atoms with E-state index in [2.05, 4.69) is 11.5 Å². The lowest BCUT2D eigenvalue weighted by Gasteiger charge is -2.15. The van der Waals surface area contributed by atoms with Crippen molar-refractivity contribution >= 4 is 17.3 Å². The van der Waals surface area contributed by atoms with Crippen molar-refractivity contribution in [1.29, 1.82) is 0 Å². The van der Waals surface area contributed by atoms with Gasteiger partial charge in [0.1, 0.15) is 6.54 Å². The largest absolute Gasteiger partial charge is 1.00 e. The Balaban J connectivity index is 0.000000810. The zero-order valence-electron chi connectivity index (χ0n) is 6.19. The molecule has 60 valence electrons. The highest BCUT2D eigenvalue weighted by atomic mass is 35.5. The summed E-state index contributed by atoms with van der Waals surface area (Å²) in [5.74, 6) is 0. The van der Waals surface area contributed by atoms with E-state index in [-0.39, 0.29) is 12.4 Å². The molecule has 1 heterocycles. The van der Waals surface area contributed by atoms with Crippen molar-refractivity contribution in [3.63, 3.8) is 0 Å². The van der Waals surface area contributed by atoms with Crippen LogP contribution in [0.25, 0.3) is 0 Å². The molecule has 0 saturated carbocycles. The van der Waals surface area contributed by atoms with E-state index in [9.17, 15) is 0 Å². The number of nitrogens with zero attached hydrogens (tertiary/aromatic N) is 1. The summed E-state index contributed by atoms with van der Waals surface area (Å²) in [6.45, 7) is 3.36. The van der Waals surface area contributed by atoms with Crippen LogP contribution in [0.15, 0.2) is 0 Å². The van der Waals surface area contributed by atoms with Crippen LogP contribution >= 0.6 is 11.6 Å². The van der Waals surface area contributed by atoms with E-state index >= 15 is 0 Å². The van der Waals surface area contributed by atoms with Crippen molar-refractivity contribution < 1.29 is 17.0 Å².